The monoisotopic (exact) mass is 424 g/mol. The summed E-state index contributed by atoms with van der Waals surface area (Å²) >= 11 is 5.90. The molecule has 150 valence electrons. The highest BCUT2D eigenvalue weighted by molar-refractivity contribution is 7.89. The Hall–Kier alpha value is -1.96. The second kappa shape index (κ2) is 9.03. The van der Waals surface area contributed by atoms with Crippen LogP contribution in [0.2, 0.25) is 5.02 Å². The third kappa shape index (κ3) is 5.10. The maximum absolute atomic E-state index is 13.0. The lowest BCUT2D eigenvalue weighted by Crippen LogP contribution is -2.35. The van der Waals surface area contributed by atoms with E-state index in [9.17, 15) is 17.6 Å². The van der Waals surface area contributed by atoms with E-state index in [0.29, 0.717) is 25.2 Å². The van der Waals surface area contributed by atoms with Crippen LogP contribution in [0.15, 0.2) is 47.4 Å². The van der Waals surface area contributed by atoms with E-state index >= 15 is 0 Å². The van der Waals surface area contributed by atoms with E-state index in [-0.39, 0.29) is 22.2 Å². The number of hydrogen-bond acceptors (Lipinski definition) is 3. The summed E-state index contributed by atoms with van der Waals surface area (Å²) in [6.07, 6.45) is 3.51. The molecule has 2 aromatic carbocycles. The van der Waals surface area contributed by atoms with Gasteiger partial charge in [0.2, 0.25) is 15.9 Å². The van der Waals surface area contributed by atoms with Crippen LogP contribution in [0.5, 0.6) is 0 Å². The number of piperidine rings is 1. The standard InChI is InChI=1S/C20H22ClFN2O3S/c21-18-14-16(22)7-10-19(18)23-20(25)11-6-15-4-8-17(9-5-15)28(26,27)24-12-2-1-3-13-24/h4-5,7-10,14H,1-3,6,11-13H2,(H,23,25). The first-order chi connectivity index (χ1) is 13.4. The first-order valence-corrected chi connectivity index (χ1v) is 11.0. The number of benzene rings is 2. The third-order valence-corrected chi connectivity index (χ3v) is 6.95. The summed E-state index contributed by atoms with van der Waals surface area (Å²) in [5, 5.41) is 2.79. The number of nitrogens with one attached hydrogen (secondary N) is 1. The maximum Gasteiger partial charge on any atom is 0.243 e. The number of anilines is 1. The lowest BCUT2D eigenvalue weighted by Gasteiger charge is -2.25. The van der Waals surface area contributed by atoms with Crippen molar-refractivity contribution in [1.82, 2.24) is 4.31 Å². The molecule has 5 nitrogen and oxygen atoms in total. The Labute approximate surface area is 169 Å². The van der Waals surface area contributed by atoms with E-state index in [1.165, 1.54) is 16.4 Å². The predicted octanol–water partition coefficient (Wildman–Crippen LogP) is 4.23. The summed E-state index contributed by atoms with van der Waals surface area (Å²) in [5.41, 5.74) is 1.22. The summed E-state index contributed by atoms with van der Waals surface area (Å²) in [4.78, 5) is 12.4. The second-order valence-electron chi connectivity index (χ2n) is 6.78. The number of amides is 1. The molecule has 1 aliphatic rings. The van der Waals surface area contributed by atoms with Crippen molar-refractivity contribution < 1.29 is 17.6 Å². The number of rotatable bonds is 6. The van der Waals surface area contributed by atoms with E-state index in [1.807, 2.05) is 0 Å². The molecule has 0 radical (unpaired) electrons. The van der Waals surface area contributed by atoms with Gasteiger partial charge < -0.3 is 5.32 Å². The van der Waals surface area contributed by atoms with Crippen molar-refractivity contribution in [3.63, 3.8) is 0 Å². The number of sulfonamides is 1. The molecular weight excluding hydrogens is 403 g/mol. The van der Waals surface area contributed by atoms with Gasteiger partial charge in [0.05, 0.1) is 15.6 Å². The molecule has 28 heavy (non-hydrogen) atoms. The molecule has 1 N–H and O–H groups in total. The van der Waals surface area contributed by atoms with Crippen molar-refractivity contribution >= 4 is 33.2 Å². The molecular formula is C20H22ClFN2O3S. The Bertz CT molecular complexity index is 942. The Morgan fingerprint density at radius 3 is 2.39 bits per heavy atom. The van der Waals surface area contributed by atoms with Crippen LogP contribution in [0.3, 0.4) is 0 Å². The molecule has 1 saturated heterocycles. The smallest absolute Gasteiger partial charge is 0.243 e. The summed E-state index contributed by atoms with van der Waals surface area (Å²) in [7, 11) is -3.45. The lowest BCUT2D eigenvalue weighted by atomic mass is 10.1. The van der Waals surface area contributed by atoms with Crippen molar-refractivity contribution in [3.05, 3.63) is 58.9 Å². The fourth-order valence-electron chi connectivity index (χ4n) is 3.14. The largest absolute Gasteiger partial charge is 0.325 e. The number of aryl methyl sites for hydroxylation is 1. The Morgan fingerprint density at radius 2 is 1.75 bits per heavy atom. The van der Waals surface area contributed by atoms with Gasteiger partial charge >= 0.3 is 0 Å². The van der Waals surface area contributed by atoms with Crippen LogP contribution in [0.4, 0.5) is 10.1 Å². The van der Waals surface area contributed by atoms with Gasteiger partial charge in [-0.1, -0.05) is 30.2 Å². The van der Waals surface area contributed by atoms with Crippen LogP contribution in [-0.4, -0.2) is 31.7 Å². The fourth-order valence-corrected chi connectivity index (χ4v) is 4.88. The molecule has 3 rings (SSSR count). The zero-order valence-electron chi connectivity index (χ0n) is 15.3. The topological polar surface area (TPSA) is 66.5 Å². The van der Waals surface area contributed by atoms with Crippen LogP contribution in [0.25, 0.3) is 0 Å². The molecule has 1 heterocycles. The number of nitrogens with zero attached hydrogens (tertiary/aromatic N) is 1. The van der Waals surface area contributed by atoms with Crippen molar-refractivity contribution in [3.8, 4) is 0 Å². The van der Waals surface area contributed by atoms with E-state index in [2.05, 4.69) is 5.32 Å². The van der Waals surface area contributed by atoms with Crippen LogP contribution in [0.1, 0.15) is 31.2 Å². The van der Waals surface area contributed by atoms with Gasteiger partial charge in [0, 0.05) is 19.5 Å². The van der Waals surface area contributed by atoms with Crippen LogP contribution in [-0.2, 0) is 21.2 Å². The first kappa shape index (κ1) is 20.8. The van der Waals surface area contributed by atoms with E-state index in [1.54, 1.807) is 24.3 Å². The normalized spacial score (nSPS) is 15.4. The summed E-state index contributed by atoms with van der Waals surface area (Å²) in [6, 6.07) is 10.4. The number of carbonyl (C=O) groups is 1. The van der Waals surface area contributed by atoms with Gasteiger partial charge in [-0.05, 0) is 55.2 Å². The third-order valence-electron chi connectivity index (χ3n) is 4.72. The average molecular weight is 425 g/mol. The number of hydrogen-bond donors (Lipinski definition) is 1. The van der Waals surface area contributed by atoms with E-state index in [4.69, 9.17) is 11.6 Å². The highest BCUT2D eigenvalue weighted by Crippen LogP contribution is 2.23. The van der Waals surface area contributed by atoms with Gasteiger partial charge in [-0.2, -0.15) is 4.31 Å². The van der Waals surface area contributed by atoms with Crippen molar-refractivity contribution in [2.45, 2.75) is 37.0 Å². The van der Waals surface area contributed by atoms with Crippen LogP contribution >= 0.6 is 11.6 Å². The van der Waals surface area contributed by atoms with Crippen molar-refractivity contribution in [2.24, 2.45) is 0 Å². The van der Waals surface area contributed by atoms with Crippen LogP contribution < -0.4 is 5.32 Å². The van der Waals surface area contributed by atoms with Crippen molar-refractivity contribution in [2.75, 3.05) is 18.4 Å². The molecule has 1 aliphatic heterocycles. The molecule has 0 saturated carbocycles. The Morgan fingerprint density at radius 1 is 1.07 bits per heavy atom. The summed E-state index contributed by atoms with van der Waals surface area (Å²) < 4.78 is 39.9. The second-order valence-corrected chi connectivity index (χ2v) is 9.13. The molecule has 1 fully saturated rings. The number of halogens is 2. The minimum absolute atomic E-state index is 0.139. The van der Waals surface area contributed by atoms with Gasteiger partial charge in [0.25, 0.3) is 0 Å². The molecule has 0 aromatic heterocycles. The zero-order chi connectivity index (χ0) is 20.1. The molecule has 8 heteroatoms. The highest BCUT2D eigenvalue weighted by Gasteiger charge is 2.25. The maximum atomic E-state index is 13.0. The zero-order valence-corrected chi connectivity index (χ0v) is 16.9. The minimum atomic E-state index is -3.45. The molecule has 0 spiro atoms. The fraction of sp³-hybridized carbons (Fsp3) is 0.350. The number of carbonyl (C=O) groups excluding carboxylic acids is 1. The molecule has 0 bridgehead atoms. The molecule has 2 aromatic rings. The van der Waals surface area contributed by atoms with Crippen molar-refractivity contribution in [1.29, 1.82) is 0 Å². The molecule has 0 unspecified atom stereocenters. The molecule has 1 amide bonds. The van der Waals surface area contributed by atoms with E-state index < -0.39 is 15.8 Å². The molecule has 0 atom stereocenters. The highest BCUT2D eigenvalue weighted by atomic mass is 35.5. The van der Waals surface area contributed by atoms with Gasteiger partial charge in [0.15, 0.2) is 0 Å². The summed E-state index contributed by atoms with van der Waals surface area (Å²) in [5.74, 6) is -0.721. The summed E-state index contributed by atoms with van der Waals surface area (Å²) in [6.45, 7) is 1.13. The quantitative estimate of drug-likeness (QED) is 0.754. The van der Waals surface area contributed by atoms with Crippen LogP contribution in [0, 0.1) is 5.82 Å². The predicted molar refractivity (Wildman–Crippen MR) is 107 cm³/mol. The SMILES string of the molecule is O=C(CCc1ccc(S(=O)(=O)N2CCCCC2)cc1)Nc1ccc(F)cc1Cl. The van der Waals surface area contributed by atoms with Gasteiger partial charge in [-0.25, -0.2) is 12.8 Å². The Balaban J connectivity index is 1.57. The first-order valence-electron chi connectivity index (χ1n) is 9.20. The Kier molecular flexibility index (Phi) is 6.69. The van der Waals surface area contributed by atoms with Gasteiger partial charge in [0.1, 0.15) is 5.82 Å². The van der Waals surface area contributed by atoms with Gasteiger partial charge in [-0.3, -0.25) is 4.79 Å². The lowest BCUT2D eigenvalue weighted by molar-refractivity contribution is -0.116. The van der Waals surface area contributed by atoms with E-state index in [0.717, 1.165) is 30.9 Å². The minimum Gasteiger partial charge on any atom is -0.325 e. The van der Waals surface area contributed by atoms with Gasteiger partial charge in [-0.15, -0.1) is 0 Å². The molecule has 0 aliphatic carbocycles. The average Bonchev–Trinajstić information content (AvgIpc) is 2.69.